The van der Waals surface area contributed by atoms with Gasteiger partial charge < -0.3 is 10.2 Å². The molecule has 1 aliphatic carbocycles. The zero-order valence-electron chi connectivity index (χ0n) is 12.6. The van der Waals surface area contributed by atoms with Gasteiger partial charge >= 0.3 is 0 Å². The second kappa shape index (κ2) is 6.87. The number of nitrogens with zero attached hydrogens (tertiary/aromatic N) is 3. The van der Waals surface area contributed by atoms with Crippen LogP contribution in [0.5, 0.6) is 0 Å². The highest BCUT2D eigenvalue weighted by atomic mass is 16.1. The number of anilines is 2. The summed E-state index contributed by atoms with van der Waals surface area (Å²) in [6.07, 6.45) is 9.35. The lowest BCUT2D eigenvalue weighted by Gasteiger charge is -2.27. The predicted octanol–water partition coefficient (Wildman–Crippen LogP) is 2.99. The van der Waals surface area contributed by atoms with Gasteiger partial charge in [-0.2, -0.15) is 0 Å². The highest BCUT2D eigenvalue weighted by Crippen LogP contribution is 2.25. The van der Waals surface area contributed by atoms with Gasteiger partial charge in [0.05, 0.1) is 0 Å². The van der Waals surface area contributed by atoms with E-state index in [0.717, 1.165) is 44.6 Å². The van der Waals surface area contributed by atoms with Crippen molar-refractivity contribution in [3.8, 4) is 0 Å². The molecule has 0 spiro atoms. The van der Waals surface area contributed by atoms with E-state index in [-0.39, 0.29) is 11.8 Å². The summed E-state index contributed by atoms with van der Waals surface area (Å²) in [7, 11) is 0. The fourth-order valence-electron chi connectivity index (χ4n) is 3.28. The lowest BCUT2D eigenvalue weighted by Crippen LogP contribution is -2.30. The minimum absolute atomic E-state index is 0.106. The molecule has 2 heterocycles. The van der Waals surface area contributed by atoms with Gasteiger partial charge in [0.1, 0.15) is 0 Å². The molecule has 1 aromatic heterocycles. The van der Waals surface area contributed by atoms with Crippen molar-refractivity contribution < 1.29 is 4.79 Å². The number of rotatable bonds is 3. The third-order valence-electron chi connectivity index (χ3n) is 4.56. The predicted molar refractivity (Wildman–Crippen MR) is 83.3 cm³/mol. The molecule has 0 atom stereocenters. The van der Waals surface area contributed by atoms with Gasteiger partial charge in [-0.15, -0.1) is 10.2 Å². The molecule has 0 radical (unpaired) electrons. The monoisotopic (exact) mass is 288 g/mol. The van der Waals surface area contributed by atoms with E-state index >= 15 is 0 Å². The van der Waals surface area contributed by atoms with Crippen LogP contribution in [-0.4, -0.2) is 29.2 Å². The molecule has 1 aromatic rings. The van der Waals surface area contributed by atoms with E-state index in [9.17, 15) is 4.79 Å². The van der Waals surface area contributed by atoms with Crippen LogP contribution in [-0.2, 0) is 4.79 Å². The van der Waals surface area contributed by atoms with Crippen LogP contribution >= 0.6 is 0 Å². The molecule has 114 valence electrons. The molecule has 0 aromatic carbocycles. The van der Waals surface area contributed by atoms with Crippen molar-refractivity contribution in [2.24, 2.45) is 5.92 Å². The Morgan fingerprint density at radius 3 is 2.38 bits per heavy atom. The van der Waals surface area contributed by atoms with Crippen LogP contribution in [0.2, 0.25) is 0 Å². The number of piperidine rings is 1. The topological polar surface area (TPSA) is 58.1 Å². The van der Waals surface area contributed by atoms with Gasteiger partial charge in [0.25, 0.3) is 0 Å². The SMILES string of the molecule is O=C(Nc1ccc(N2CCCCC2)nn1)C1CCCCC1. The second-order valence-electron chi connectivity index (χ2n) is 6.15. The van der Waals surface area contributed by atoms with Crippen molar-refractivity contribution in [3.63, 3.8) is 0 Å². The fourth-order valence-corrected chi connectivity index (χ4v) is 3.28. The molecule has 21 heavy (non-hydrogen) atoms. The molecule has 5 heteroatoms. The van der Waals surface area contributed by atoms with Crippen LogP contribution in [0.3, 0.4) is 0 Å². The van der Waals surface area contributed by atoms with E-state index in [0.29, 0.717) is 5.82 Å². The first-order valence-electron chi connectivity index (χ1n) is 8.22. The van der Waals surface area contributed by atoms with Gasteiger partial charge in [0.2, 0.25) is 5.91 Å². The van der Waals surface area contributed by atoms with Gasteiger partial charge in [-0.05, 0) is 44.2 Å². The third kappa shape index (κ3) is 3.71. The van der Waals surface area contributed by atoms with Crippen LogP contribution in [0.1, 0.15) is 51.4 Å². The minimum atomic E-state index is 0.106. The van der Waals surface area contributed by atoms with E-state index in [2.05, 4.69) is 20.4 Å². The molecule has 1 saturated heterocycles. The molecule has 1 N–H and O–H groups in total. The molecule has 1 aliphatic heterocycles. The van der Waals surface area contributed by atoms with Crippen molar-refractivity contribution in [3.05, 3.63) is 12.1 Å². The number of carbonyl (C=O) groups excluding carboxylic acids is 1. The maximum atomic E-state index is 12.2. The van der Waals surface area contributed by atoms with Gasteiger partial charge in [-0.3, -0.25) is 4.79 Å². The standard InChI is InChI=1S/C16H24N4O/c21-16(13-7-3-1-4-8-13)17-14-9-10-15(19-18-14)20-11-5-2-6-12-20/h9-10,13H,1-8,11-12H2,(H,17,18,21). The summed E-state index contributed by atoms with van der Waals surface area (Å²) in [5, 5.41) is 11.3. The van der Waals surface area contributed by atoms with E-state index in [1.807, 2.05) is 12.1 Å². The lowest BCUT2D eigenvalue weighted by atomic mass is 9.89. The molecular formula is C16H24N4O. The smallest absolute Gasteiger partial charge is 0.228 e. The number of amides is 1. The summed E-state index contributed by atoms with van der Waals surface area (Å²) in [5.41, 5.74) is 0. The van der Waals surface area contributed by atoms with E-state index in [1.54, 1.807) is 0 Å². The molecule has 1 amide bonds. The lowest BCUT2D eigenvalue weighted by molar-refractivity contribution is -0.120. The molecule has 0 unspecified atom stereocenters. The summed E-state index contributed by atoms with van der Waals surface area (Å²) >= 11 is 0. The van der Waals surface area contributed by atoms with Crippen LogP contribution < -0.4 is 10.2 Å². The highest BCUT2D eigenvalue weighted by Gasteiger charge is 2.21. The summed E-state index contributed by atoms with van der Waals surface area (Å²) < 4.78 is 0. The molecular weight excluding hydrogens is 264 g/mol. The molecule has 0 bridgehead atoms. The largest absolute Gasteiger partial charge is 0.355 e. The Bertz CT molecular complexity index is 462. The number of aromatic nitrogens is 2. The first-order valence-corrected chi connectivity index (χ1v) is 8.22. The number of nitrogens with one attached hydrogen (secondary N) is 1. The molecule has 2 fully saturated rings. The Morgan fingerprint density at radius 2 is 1.71 bits per heavy atom. The Morgan fingerprint density at radius 1 is 1.00 bits per heavy atom. The van der Waals surface area contributed by atoms with Gasteiger partial charge in [-0.25, -0.2) is 0 Å². The van der Waals surface area contributed by atoms with Gasteiger partial charge in [0, 0.05) is 19.0 Å². The maximum Gasteiger partial charge on any atom is 0.228 e. The zero-order chi connectivity index (χ0) is 14.5. The van der Waals surface area contributed by atoms with Crippen molar-refractivity contribution >= 4 is 17.5 Å². The second-order valence-corrected chi connectivity index (χ2v) is 6.15. The Balaban J connectivity index is 1.57. The number of hydrogen-bond acceptors (Lipinski definition) is 4. The minimum Gasteiger partial charge on any atom is -0.355 e. The maximum absolute atomic E-state index is 12.2. The van der Waals surface area contributed by atoms with Crippen molar-refractivity contribution in [2.45, 2.75) is 51.4 Å². The summed E-state index contributed by atoms with van der Waals surface area (Å²) in [4.78, 5) is 14.4. The van der Waals surface area contributed by atoms with Gasteiger partial charge in [0.15, 0.2) is 11.6 Å². The third-order valence-corrected chi connectivity index (χ3v) is 4.56. The van der Waals surface area contributed by atoms with E-state index in [1.165, 1.54) is 25.7 Å². The average Bonchev–Trinajstić information content (AvgIpc) is 2.57. The fraction of sp³-hybridized carbons (Fsp3) is 0.688. The van der Waals surface area contributed by atoms with Crippen LogP contribution in [0.25, 0.3) is 0 Å². The molecule has 1 saturated carbocycles. The first-order chi connectivity index (χ1) is 10.3. The van der Waals surface area contributed by atoms with Crippen LogP contribution in [0.15, 0.2) is 12.1 Å². The first kappa shape index (κ1) is 14.3. The quantitative estimate of drug-likeness (QED) is 0.929. The van der Waals surface area contributed by atoms with E-state index in [4.69, 9.17) is 0 Å². The van der Waals surface area contributed by atoms with Crippen molar-refractivity contribution in [2.75, 3.05) is 23.3 Å². The Hall–Kier alpha value is -1.65. The van der Waals surface area contributed by atoms with Crippen molar-refractivity contribution in [1.82, 2.24) is 10.2 Å². The van der Waals surface area contributed by atoms with Crippen LogP contribution in [0.4, 0.5) is 11.6 Å². The van der Waals surface area contributed by atoms with E-state index < -0.39 is 0 Å². The van der Waals surface area contributed by atoms with Crippen molar-refractivity contribution in [1.29, 1.82) is 0 Å². The summed E-state index contributed by atoms with van der Waals surface area (Å²) in [5.74, 6) is 1.76. The number of hydrogen-bond donors (Lipinski definition) is 1. The van der Waals surface area contributed by atoms with Crippen LogP contribution in [0, 0.1) is 5.92 Å². The Kier molecular flexibility index (Phi) is 4.68. The molecule has 2 aliphatic rings. The van der Waals surface area contributed by atoms with Gasteiger partial charge in [-0.1, -0.05) is 19.3 Å². The number of carbonyl (C=O) groups is 1. The highest BCUT2D eigenvalue weighted by molar-refractivity contribution is 5.91. The molecule has 3 rings (SSSR count). The Labute approximate surface area is 126 Å². The summed E-state index contributed by atoms with van der Waals surface area (Å²) in [6, 6.07) is 3.84. The molecule has 5 nitrogen and oxygen atoms in total. The average molecular weight is 288 g/mol. The summed E-state index contributed by atoms with van der Waals surface area (Å²) in [6.45, 7) is 2.12. The normalized spacial score (nSPS) is 20.3. The zero-order valence-corrected chi connectivity index (χ0v) is 12.6.